The van der Waals surface area contributed by atoms with Gasteiger partial charge in [-0.05, 0) is 30.7 Å². The number of rotatable bonds is 7. The molecule has 4 aromatic rings. The number of nitrogens with zero attached hydrogens (tertiary/aromatic N) is 4. The van der Waals surface area contributed by atoms with Crippen LogP contribution in [-0.4, -0.2) is 48.8 Å². The van der Waals surface area contributed by atoms with Crippen molar-refractivity contribution in [2.45, 2.75) is 19.6 Å². The Hall–Kier alpha value is -2.78. The third-order valence-corrected chi connectivity index (χ3v) is 4.93. The van der Waals surface area contributed by atoms with Crippen molar-refractivity contribution in [2.24, 2.45) is 0 Å². The normalized spacial score (nSPS) is 12.6. The summed E-state index contributed by atoms with van der Waals surface area (Å²) in [6.07, 6.45) is 2.63. The highest BCUT2D eigenvalue weighted by Crippen LogP contribution is 2.30. The highest BCUT2D eigenvalue weighted by molar-refractivity contribution is 6.33. The Morgan fingerprint density at radius 2 is 2.07 bits per heavy atom. The molecule has 0 saturated carbocycles. The number of halogens is 1. The number of imidazole rings is 1. The fourth-order valence-corrected chi connectivity index (χ4v) is 3.36. The van der Waals surface area contributed by atoms with Gasteiger partial charge in [0.1, 0.15) is 17.4 Å². The zero-order valence-electron chi connectivity index (χ0n) is 15.8. The van der Waals surface area contributed by atoms with Gasteiger partial charge in [-0.15, -0.1) is 0 Å². The van der Waals surface area contributed by atoms with Crippen LogP contribution in [0.25, 0.3) is 16.7 Å². The topological polar surface area (TPSA) is 108 Å². The van der Waals surface area contributed by atoms with Crippen molar-refractivity contribution in [2.75, 3.05) is 18.5 Å². The van der Waals surface area contributed by atoms with Crippen molar-refractivity contribution in [3.63, 3.8) is 0 Å². The molecule has 3 aromatic heterocycles. The lowest BCUT2D eigenvalue weighted by Crippen LogP contribution is -2.29. The van der Waals surface area contributed by atoms with Gasteiger partial charge in [0, 0.05) is 13.1 Å². The molecular formula is C20H21ClN6O2. The number of nitrogens with one attached hydrogen (secondary N) is 2. The number of hydrogen-bond acceptors (Lipinski definition) is 7. The Balaban J connectivity index is 1.69. The minimum atomic E-state index is -0.792. The highest BCUT2D eigenvalue weighted by Gasteiger charge is 2.13. The first-order chi connectivity index (χ1) is 14.1. The van der Waals surface area contributed by atoms with Crippen LogP contribution in [0.2, 0.25) is 5.02 Å². The molecule has 4 N–H and O–H groups in total. The number of benzene rings is 1. The van der Waals surface area contributed by atoms with Crippen LogP contribution in [0.5, 0.6) is 0 Å². The van der Waals surface area contributed by atoms with Crippen LogP contribution in [0.4, 0.5) is 11.5 Å². The fraction of sp³-hybridized carbons (Fsp3) is 0.250. The summed E-state index contributed by atoms with van der Waals surface area (Å²) >= 11 is 6.36. The fourth-order valence-electron chi connectivity index (χ4n) is 3.09. The lowest BCUT2D eigenvalue weighted by molar-refractivity contribution is 0.0941. The largest absolute Gasteiger partial charge is 0.394 e. The van der Waals surface area contributed by atoms with Crippen molar-refractivity contribution in [1.82, 2.24) is 24.7 Å². The number of aromatic nitrogens is 4. The summed E-state index contributed by atoms with van der Waals surface area (Å²) in [6.45, 7) is 2.45. The van der Waals surface area contributed by atoms with E-state index in [1.807, 2.05) is 41.7 Å². The van der Waals surface area contributed by atoms with E-state index in [0.29, 0.717) is 28.5 Å². The van der Waals surface area contributed by atoms with Gasteiger partial charge in [-0.2, -0.15) is 0 Å². The summed E-state index contributed by atoms with van der Waals surface area (Å²) in [5, 5.41) is 25.4. The Morgan fingerprint density at radius 3 is 2.86 bits per heavy atom. The van der Waals surface area contributed by atoms with Crippen molar-refractivity contribution < 1.29 is 10.2 Å². The molecule has 0 amide bonds. The van der Waals surface area contributed by atoms with Crippen LogP contribution in [0.1, 0.15) is 11.3 Å². The lowest BCUT2D eigenvalue weighted by Gasteiger charge is -2.13. The van der Waals surface area contributed by atoms with Crippen LogP contribution in [0, 0.1) is 6.92 Å². The van der Waals surface area contributed by atoms with Gasteiger partial charge in [0.25, 0.3) is 0 Å². The van der Waals surface area contributed by atoms with Gasteiger partial charge in [0.05, 0.1) is 35.3 Å². The molecule has 0 aliphatic carbocycles. The van der Waals surface area contributed by atoms with Crippen molar-refractivity contribution in [3.05, 3.63) is 59.1 Å². The van der Waals surface area contributed by atoms with Crippen molar-refractivity contribution in [3.8, 4) is 0 Å². The van der Waals surface area contributed by atoms with E-state index in [0.717, 1.165) is 22.5 Å². The maximum atomic E-state index is 9.44. The Kier molecular flexibility index (Phi) is 5.59. The van der Waals surface area contributed by atoms with Gasteiger partial charge in [0.2, 0.25) is 0 Å². The Labute approximate surface area is 172 Å². The predicted octanol–water partition coefficient (Wildman–Crippen LogP) is 2.43. The summed E-state index contributed by atoms with van der Waals surface area (Å²) in [7, 11) is 0. The van der Waals surface area contributed by atoms with Crippen LogP contribution in [0.15, 0.2) is 42.9 Å². The zero-order valence-corrected chi connectivity index (χ0v) is 16.6. The summed E-state index contributed by atoms with van der Waals surface area (Å²) in [5.74, 6) is 0.643. The van der Waals surface area contributed by atoms with Crippen LogP contribution < -0.4 is 10.6 Å². The third kappa shape index (κ3) is 4.01. The SMILES string of the molecule is Cc1cccc(Cl)c1Nc1nc2ccc(CNC[C@H](O)CO)nc2n2cncc12. The summed E-state index contributed by atoms with van der Waals surface area (Å²) < 4.78 is 1.88. The Bertz CT molecular complexity index is 1140. The minimum Gasteiger partial charge on any atom is -0.394 e. The molecule has 8 nitrogen and oxygen atoms in total. The number of aryl methyl sites for hydroxylation is 1. The molecule has 4 rings (SSSR count). The number of para-hydroxylation sites is 1. The van der Waals surface area contributed by atoms with Gasteiger partial charge in [-0.25, -0.2) is 15.0 Å². The Morgan fingerprint density at radius 1 is 1.21 bits per heavy atom. The molecule has 0 aliphatic heterocycles. The van der Waals surface area contributed by atoms with E-state index in [1.165, 1.54) is 0 Å². The highest BCUT2D eigenvalue weighted by atomic mass is 35.5. The zero-order chi connectivity index (χ0) is 20.4. The first kappa shape index (κ1) is 19.5. The molecule has 0 fully saturated rings. The van der Waals surface area contributed by atoms with E-state index in [1.54, 1.807) is 12.5 Å². The second kappa shape index (κ2) is 8.30. The van der Waals surface area contributed by atoms with Gasteiger partial charge in [0.15, 0.2) is 11.5 Å². The van der Waals surface area contributed by atoms with Crippen molar-refractivity contribution >= 4 is 39.8 Å². The molecule has 1 atom stereocenters. The second-order valence-electron chi connectivity index (χ2n) is 6.78. The third-order valence-electron chi connectivity index (χ3n) is 4.62. The van der Waals surface area contributed by atoms with Gasteiger partial charge < -0.3 is 20.8 Å². The minimum absolute atomic E-state index is 0.279. The van der Waals surface area contributed by atoms with E-state index in [4.69, 9.17) is 21.7 Å². The maximum Gasteiger partial charge on any atom is 0.164 e. The molecule has 0 unspecified atom stereocenters. The van der Waals surface area contributed by atoms with Gasteiger partial charge in [-0.1, -0.05) is 23.7 Å². The smallest absolute Gasteiger partial charge is 0.164 e. The predicted molar refractivity (Wildman–Crippen MR) is 113 cm³/mol. The standard InChI is InChI=1S/C20H21ClN6O2/c1-12-3-2-4-15(21)18(12)26-19-17-9-23-11-27(17)20-16(25-19)6-5-13(24-20)7-22-8-14(29)10-28/h2-6,9,11,14,22,28-29H,7-8,10H2,1H3,(H,25,26)/t14-/m0/s1. The van der Waals surface area contributed by atoms with E-state index in [2.05, 4.69) is 20.6 Å². The average Bonchev–Trinajstić information content (AvgIpc) is 3.21. The molecule has 150 valence electrons. The first-order valence-electron chi connectivity index (χ1n) is 9.20. The molecule has 0 radical (unpaired) electrons. The maximum absolute atomic E-state index is 9.44. The molecule has 1 aromatic carbocycles. The number of pyridine rings is 1. The van der Waals surface area contributed by atoms with E-state index < -0.39 is 6.10 Å². The second-order valence-corrected chi connectivity index (χ2v) is 7.19. The molecule has 0 bridgehead atoms. The number of fused-ring (bicyclic) bond motifs is 3. The number of aliphatic hydroxyl groups is 2. The monoisotopic (exact) mass is 412 g/mol. The number of anilines is 2. The summed E-state index contributed by atoms with van der Waals surface area (Å²) in [6, 6.07) is 9.49. The molecule has 0 saturated heterocycles. The van der Waals surface area contributed by atoms with Gasteiger partial charge >= 0.3 is 0 Å². The summed E-state index contributed by atoms with van der Waals surface area (Å²) in [4.78, 5) is 13.7. The van der Waals surface area contributed by atoms with E-state index in [-0.39, 0.29) is 13.2 Å². The number of aliphatic hydroxyl groups excluding tert-OH is 2. The van der Waals surface area contributed by atoms with Crippen LogP contribution in [-0.2, 0) is 6.54 Å². The molecule has 29 heavy (non-hydrogen) atoms. The van der Waals surface area contributed by atoms with Crippen LogP contribution >= 0.6 is 11.6 Å². The van der Waals surface area contributed by atoms with Crippen molar-refractivity contribution in [1.29, 1.82) is 0 Å². The average molecular weight is 413 g/mol. The molecule has 0 aliphatic rings. The number of hydrogen-bond donors (Lipinski definition) is 4. The molecule has 9 heteroatoms. The quantitative estimate of drug-likeness (QED) is 0.369. The first-order valence-corrected chi connectivity index (χ1v) is 9.58. The van der Waals surface area contributed by atoms with E-state index in [9.17, 15) is 5.11 Å². The molecule has 0 spiro atoms. The summed E-state index contributed by atoms with van der Waals surface area (Å²) in [5.41, 5.74) is 4.79. The lowest BCUT2D eigenvalue weighted by atomic mass is 10.2. The molecular weight excluding hydrogens is 392 g/mol. The van der Waals surface area contributed by atoms with Gasteiger partial charge in [-0.3, -0.25) is 4.40 Å². The van der Waals surface area contributed by atoms with Crippen LogP contribution in [0.3, 0.4) is 0 Å². The van der Waals surface area contributed by atoms with E-state index >= 15 is 0 Å². The molecule has 3 heterocycles.